The molecule has 79 heavy (non-hydrogen) atoms. The van der Waals surface area contributed by atoms with E-state index in [1.807, 2.05) is 189 Å². The van der Waals surface area contributed by atoms with E-state index in [2.05, 4.69) is 0 Å². The first kappa shape index (κ1) is 51.8. The molecule has 0 saturated carbocycles. The zero-order chi connectivity index (χ0) is 53.7. The van der Waals surface area contributed by atoms with E-state index in [1.54, 1.807) is 12.1 Å². The van der Waals surface area contributed by atoms with Gasteiger partial charge in [0, 0.05) is 22.3 Å². The van der Waals surface area contributed by atoms with Crippen molar-refractivity contribution in [2.75, 3.05) is 0 Å². The first-order chi connectivity index (χ1) is 38.1. The summed E-state index contributed by atoms with van der Waals surface area (Å²) in [6.07, 6.45) is 0.500. The average molecular weight is 1090 g/mol. The van der Waals surface area contributed by atoms with Gasteiger partial charge >= 0.3 is 35.3 Å². The summed E-state index contributed by atoms with van der Waals surface area (Å²) in [5.41, 5.74) is 10.4. The van der Waals surface area contributed by atoms with Crippen molar-refractivity contribution in [3.8, 4) is 91.0 Å². The molecule has 0 aliphatic carbocycles. The number of hydrogen-bond donors (Lipinski definition) is 1. The molecule has 0 fully saturated rings. The van der Waals surface area contributed by atoms with Crippen molar-refractivity contribution >= 4 is 61.9 Å². The molecule has 0 amide bonds. The number of rotatable bonds is 9. The molecular weight excluding hydrogens is 1050 g/mol. The van der Waals surface area contributed by atoms with Crippen LogP contribution < -0.4 is 28.9 Å². The molecule has 11 aromatic rings. The van der Waals surface area contributed by atoms with Gasteiger partial charge < -0.3 is 34.0 Å². The van der Waals surface area contributed by atoms with Gasteiger partial charge in [-0.2, -0.15) is 19.2 Å². The van der Waals surface area contributed by atoms with E-state index in [1.165, 1.54) is 12.1 Å². The Labute approximate surface area is 460 Å². The molecule has 0 saturated heterocycles. The fraction of sp³-hybridized carbons (Fsp3) is 0.0156. The number of benzene rings is 8. The maximum atomic E-state index is 11.6. The Balaban J connectivity index is 0.000000964. The molecule has 0 unspecified atom stereocenters. The van der Waals surface area contributed by atoms with Crippen LogP contribution in [0.3, 0.4) is 0 Å². The van der Waals surface area contributed by atoms with Gasteiger partial charge in [0.25, 0.3) is 0 Å². The second-order valence-electron chi connectivity index (χ2n) is 17.8. The van der Waals surface area contributed by atoms with Gasteiger partial charge in [-0.3, -0.25) is 0 Å². The van der Waals surface area contributed by atoms with Crippen molar-refractivity contribution in [1.82, 2.24) is 19.9 Å². The Kier molecular flexibility index (Phi) is 14.9. The van der Waals surface area contributed by atoms with Gasteiger partial charge in [0.2, 0.25) is 0 Å². The van der Waals surface area contributed by atoms with Crippen LogP contribution in [0.4, 0.5) is 0 Å². The molecule has 15 heteroatoms. The quantitative estimate of drug-likeness (QED) is 0.134. The number of aromatic nitrogens is 4. The number of para-hydroxylation sites is 2. The zero-order valence-electron chi connectivity index (χ0n) is 41.3. The molecule has 8 aromatic carbocycles. The first-order valence-electron chi connectivity index (χ1n) is 24.1. The Hall–Kier alpha value is -10.7. The van der Waals surface area contributed by atoms with Crippen LogP contribution in [0.2, 0.25) is 0 Å². The molecular formula is C64H38CuN4O10. The van der Waals surface area contributed by atoms with Crippen LogP contribution in [-0.2, 0) is 36.2 Å². The number of nitrogens with zero attached hydrogens (tertiary/aromatic N) is 4. The molecule has 2 aliphatic heterocycles. The summed E-state index contributed by atoms with van der Waals surface area (Å²) in [6, 6.07) is 65.7. The van der Waals surface area contributed by atoms with Gasteiger partial charge in [-0.25, -0.2) is 14.8 Å². The average Bonchev–Trinajstić information content (AvgIpc) is 4.27. The van der Waals surface area contributed by atoms with Crippen molar-refractivity contribution in [2.24, 2.45) is 0 Å². The maximum Gasteiger partial charge on any atom is 2.00 e. The van der Waals surface area contributed by atoms with Crippen LogP contribution in [0.15, 0.2) is 206 Å². The van der Waals surface area contributed by atoms with E-state index in [9.17, 15) is 9.90 Å². The summed E-state index contributed by atoms with van der Waals surface area (Å²) in [4.78, 5) is 65.5. The molecule has 14 nitrogen and oxygen atoms in total. The van der Waals surface area contributed by atoms with Gasteiger partial charge in [0.05, 0.1) is 28.3 Å². The molecule has 3 aromatic heterocycles. The van der Waals surface area contributed by atoms with Crippen molar-refractivity contribution < 1.29 is 65.1 Å². The Morgan fingerprint density at radius 2 is 0.696 bits per heavy atom. The van der Waals surface area contributed by atoms with Crippen LogP contribution in [-0.4, -0.2) is 33.3 Å². The largest absolute Gasteiger partial charge is 2.00 e. The Morgan fingerprint density at radius 3 is 1.09 bits per heavy atom. The van der Waals surface area contributed by atoms with E-state index in [0.717, 1.165) is 77.8 Å². The molecule has 8 bridgehead atoms. The summed E-state index contributed by atoms with van der Waals surface area (Å²) in [7, 11) is 0. The fourth-order valence-corrected chi connectivity index (χ4v) is 9.28. The molecule has 2 aliphatic rings. The zero-order valence-corrected chi connectivity index (χ0v) is 42.3. The third-order valence-corrected chi connectivity index (χ3v) is 12.8. The number of aromatic carboxylic acids is 1. The number of carboxylic acids is 1. The SMILES string of the molecule is Cc1ccc(Oc2ccc3c4cc5nc(cc6[n-]c(cc7nc(cc([n-]4)c3c2)-c2ccc(Oc3ccccc3)cc2-7)c2ccc(Oc3ccccc3)cc62)-c2ccc(Oc3ccc(C(=O)O)cc3)cc2-5)cc1.O=C=O.O=C=O.[Cu+2]. The number of aryl methyl sites for hydroxylation is 1. The number of ether oxygens (including phenoxy) is 4. The van der Waals surface area contributed by atoms with Crippen molar-refractivity contribution in [1.29, 1.82) is 0 Å². The summed E-state index contributed by atoms with van der Waals surface area (Å²) >= 11 is 0. The summed E-state index contributed by atoms with van der Waals surface area (Å²) in [5, 5.41) is 13.1. The van der Waals surface area contributed by atoms with E-state index < -0.39 is 5.97 Å². The van der Waals surface area contributed by atoms with E-state index in [-0.39, 0.29) is 34.9 Å². The van der Waals surface area contributed by atoms with Gasteiger partial charge in [0.1, 0.15) is 46.0 Å². The standard InChI is InChI=1S/C62H39N4O6.2CO2.Cu/c1-36-12-16-40(17-13-36)71-44-22-26-48-52(30-44)60-34-55-47-25-21-43(70-39-10-6-3-7-11-39)29-51(47)58(64-55)32-54-46-24-20-42(69-38-8-4-2-5-9-38)28-50(46)59(63-54)33-56-49-27-23-45(31-53(49)61(66-56)35-57(48)65-60)72-41-18-14-37(15-19-41)62(67)68;2*2-1-3;/h2-35H,1H3,(H2-,63,64,65,66,67,68);;;/q-1;;;+2/p-1. The fourth-order valence-electron chi connectivity index (χ4n) is 9.28. The number of carbonyl (C=O) groups excluding carboxylic acids is 4. The predicted molar refractivity (Wildman–Crippen MR) is 291 cm³/mol. The molecule has 0 atom stereocenters. The smallest absolute Gasteiger partial charge is 0.657 e. The summed E-state index contributed by atoms with van der Waals surface area (Å²) in [6.45, 7) is 2.05. The van der Waals surface area contributed by atoms with Gasteiger partial charge in [-0.05, 0) is 174 Å². The van der Waals surface area contributed by atoms with Gasteiger partial charge in [-0.1, -0.05) is 66.2 Å². The molecule has 385 valence electrons. The van der Waals surface area contributed by atoms with Crippen molar-refractivity contribution in [3.05, 3.63) is 217 Å². The monoisotopic (exact) mass is 1090 g/mol. The number of fused-ring (bicyclic) bond motifs is 20. The van der Waals surface area contributed by atoms with Gasteiger partial charge in [0.15, 0.2) is 0 Å². The second kappa shape index (κ2) is 22.7. The van der Waals surface area contributed by atoms with Crippen LogP contribution in [0, 0.1) is 6.92 Å². The maximum absolute atomic E-state index is 11.6. The minimum Gasteiger partial charge on any atom is -0.657 e. The Bertz CT molecular complexity index is 4350. The van der Waals surface area contributed by atoms with E-state index in [0.29, 0.717) is 62.4 Å². The molecule has 0 spiro atoms. The topological polar surface area (TPSA) is 196 Å². The third-order valence-electron chi connectivity index (χ3n) is 12.8. The van der Waals surface area contributed by atoms with Crippen LogP contribution in [0.5, 0.6) is 46.0 Å². The molecule has 13 rings (SSSR count). The van der Waals surface area contributed by atoms with E-state index >= 15 is 0 Å². The third kappa shape index (κ3) is 11.0. The van der Waals surface area contributed by atoms with Crippen LogP contribution >= 0.6 is 0 Å². The van der Waals surface area contributed by atoms with Crippen LogP contribution in [0.25, 0.3) is 88.6 Å². The normalized spacial score (nSPS) is 10.7. The van der Waals surface area contributed by atoms with Crippen molar-refractivity contribution in [3.63, 3.8) is 0 Å². The molecule has 5 heterocycles. The second-order valence-corrected chi connectivity index (χ2v) is 17.8. The summed E-state index contributed by atoms with van der Waals surface area (Å²) in [5.74, 6) is 4.21. The van der Waals surface area contributed by atoms with Gasteiger partial charge in [-0.15, -0.1) is 22.1 Å². The summed E-state index contributed by atoms with van der Waals surface area (Å²) < 4.78 is 25.5. The van der Waals surface area contributed by atoms with Crippen molar-refractivity contribution in [2.45, 2.75) is 6.92 Å². The number of hydrogen-bond acceptors (Lipinski definition) is 11. The minimum atomic E-state index is -1.01. The minimum absolute atomic E-state index is 0. The number of carboxylic acid groups (broad SMARTS) is 1. The number of carbonyl (C=O) groups is 1. The molecule has 1 radical (unpaired) electrons. The predicted octanol–water partition coefficient (Wildman–Crippen LogP) is 14.6. The molecule has 1 N–H and O–H groups in total. The van der Waals surface area contributed by atoms with Crippen LogP contribution in [0.1, 0.15) is 15.9 Å². The van der Waals surface area contributed by atoms with E-state index in [4.69, 9.17) is 58.1 Å². The Morgan fingerprint density at radius 1 is 0.380 bits per heavy atom. The first-order valence-corrected chi connectivity index (χ1v) is 24.1.